The molecule has 0 saturated heterocycles. The largest absolute Gasteiger partial charge is 0.496 e. The Labute approximate surface area is 192 Å². The first-order chi connectivity index (χ1) is 15.2. The predicted octanol–water partition coefficient (Wildman–Crippen LogP) is 7.30. The predicted molar refractivity (Wildman–Crippen MR) is 141 cm³/mol. The van der Waals surface area contributed by atoms with Gasteiger partial charge in [-0.15, -0.1) is 6.58 Å². The average Bonchev–Trinajstić information content (AvgIpc) is 2.84. The number of benzene rings is 3. The van der Waals surface area contributed by atoms with Crippen molar-refractivity contribution in [1.82, 2.24) is 0 Å². The van der Waals surface area contributed by atoms with Gasteiger partial charge in [0.25, 0.3) is 0 Å². The van der Waals surface area contributed by atoms with Crippen molar-refractivity contribution in [1.29, 1.82) is 0 Å². The highest BCUT2D eigenvalue weighted by Crippen LogP contribution is 2.57. The molecular formula is C28H31OPS. The van der Waals surface area contributed by atoms with Crippen LogP contribution in [0.3, 0.4) is 0 Å². The molecule has 0 aliphatic rings. The van der Waals surface area contributed by atoms with E-state index in [1.807, 2.05) is 18.2 Å². The van der Waals surface area contributed by atoms with Crippen LogP contribution < -0.4 is 15.3 Å². The summed E-state index contributed by atoms with van der Waals surface area (Å²) in [4.78, 5) is 0. The Kier molecular flexibility index (Phi) is 8.46. The molecular weight excluding hydrogens is 415 g/mol. The summed E-state index contributed by atoms with van der Waals surface area (Å²) in [5, 5.41) is 3.75. The van der Waals surface area contributed by atoms with Crippen molar-refractivity contribution >= 4 is 34.0 Å². The fourth-order valence-electron chi connectivity index (χ4n) is 4.00. The van der Waals surface area contributed by atoms with E-state index in [4.69, 9.17) is 16.5 Å². The number of hydrogen-bond donors (Lipinski definition) is 0. The molecule has 0 fully saturated rings. The monoisotopic (exact) mass is 446 g/mol. The molecule has 0 unspecified atom stereocenters. The smallest absolute Gasteiger partial charge is 0.126 e. The zero-order valence-electron chi connectivity index (χ0n) is 18.5. The summed E-state index contributed by atoms with van der Waals surface area (Å²) < 4.78 is 5.78. The van der Waals surface area contributed by atoms with Crippen LogP contribution in [-0.4, -0.2) is 7.11 Å². The Bertz CT molecular complexity index is 1030. The second-order valence-electron chi connectivity index (χ2n) is 7.50. The van der Waals surface area contributed by atoms with Crippen molar-refractivity contribution in [2.24, 2.45) is 0 Å². The topological polar surface area (TPSA) is 9.23 Å². The average molecular weight is 447 g/mol. The van der Waals surface area contributed by atoms with Crippen molar-refractivity contribution in [3.63, 3.8) is 0 Å². The van der Waals surface area contributed by atoms with E-state index >= 15 is 0 Å². The number of allylic oxidation sites excluding steroid dienone is 3. The Morgan fingerprint density at radius 2 is 1.45 bits per heavy atom. The Balaban J connectivity index is 2.40. The third kappa shape index (κ3) is 5.09. The van der Waals surface area contributed by atoms with Gasteiger partial charge in [-0.3, -0.25) is 0 Å². The molecule has 0 aliphatic carbocycles. The van der Waals surface area contributed by atoms with Gasteiger partial charge in [0.15, 0.2) is 0 Å². The lowest BCUT2D eigenvalue weighted by atomic mass is 9.98. The van der Waals surface area contributed by atoms with Crippen LogP contribution in [0.15, 0.2) is 103 Å². The summed E-state index contributed by atoms with van der Waals surface area (Å²) in [6, 6.07) is 27.3. The maximum atomic E-state index is 6.69. The zero-order valence-corrected chi connectivity index (χ0v) is 20.2. The molecule has 0 aliphatic heterocycles. The van der Waals surface area contributed by atoms with Crippen LogP contribution in [0.1, 0.15) is 38.2 Å². The van der Waals surface area contributed by atoms with Crippen molar-refractivity contribution in [2.75, 3.05) is 7.11 Å². The fraction of sp³-hybridized carbons (Fsp3) is 0.214. The molecule has 0 radical (unpaired) electrons. The summed E-state index contributed by atoms with van der Waals surface area (Å²) in [6.07, 6.45) is 5.96. The van der Waals surface area contributed by atoms with Crippen LogP contribution in [0.25, 0.3) is 5.57 Å². The van der Waals surface area contributed by atoms with E-state index in [1.165, 1.54) is 21.5 Å². The molecule has 3 rings (SSSR count). The van der Waals surface area contributed by atoms with E-state index in [1.54, 1.807) is 7.11 Å². The Morgan fingerprint density at radius 3 is 1.97 bits per heavy atom. The summed E-state index contributed by atoms with van der Waals surface area (Å²) in [6.45, 7) is 6.34. The van der Waals surface area contributed by atoms with Gasteiger partial charge in [-0.2, -0.15) is 0 Å². The molecule has 3 heteroatoms. The minimum absolute atomic E-state index is 0.762. The summed E-state index contributed by atoms with van der Waals surface area (Å²) >= 11 is 6.69. The lowest BCUT2D eigenvalue weighted by Gasteiger charge is -2.30. The van der Waals surface area contributed by atoms with E-state index in [2.05, 4.69) is 86.3 Å². The summed E-state index contributed by atoms with van der Waals surface area (Å²) in [7, 11) is 1.74. The zero-order chi connectivity index (χ0) is 22.1. The first kappa shape index (κ1) is 23.3. The number of unbranched alkanes of at least 4 members (excludes halogenated alkanes) is 1. The quantitative estimate of drug-likeness (QED) is 0.239. The van der Waals surface area contributed by atoms with Crippen LogP contribution >= 0.6 is 6.04 Å². The third-order valence-electron chi connectivity index (χ3n) is 5.52. The number of ether oxygens (including phenoxy) is 1. The molecule has 0 amide bonds. The minimum atomic E-state index is -2.26. The maximum Gasteiger partial charge on any atom is 0.126 e. The van der Waals surface area contributed by atoms with Gasteiger partial charge in [-0.05, 0) is 46.8 Å². The lowest BCUT2D eigenvalue weighted by molar-refractivity contribution is 0.413. The SMILES string of the molecule is C=CC/C(=C(\CCCC)c1ccccc1OC)P(=S)(c1ccccc1)c1ccccc1. The molecule has 0 spiro atoms. The van der Waals surface area contributed by atoms with Crippen molar-refractivity contribution in [3.8, 4) is 5.75 Å². The van der Waals surface area contributed by atoms with Gasteiger partial charge in [-0.25, -0.2) is 0 Å². The van der Waals surface area contributed by atoms with Crippen LogP contribution in [0.2, 0.25) is 0 Å². The van der Waals surface area contributed by atoms with E-state index < -0.39 is 6.04 Å². The highest BCUT2D eigenvalue weighted by molar-refractivity contribution is 8.24. The Hall–Kier alpha value is -2.41. The van der Waals surface area contributed by atoms with Gasteiger partial charge < -0.3 is 4.74 Å². The first-order valence-corrected chi connectivity index (χ1v) is 13.6. The van der Waals surface area contributed by atoms with Crippen molar-refractivity contribution < 1.29 is 4.74 Å². The molecule has 31 heavy (non-hydrogen) atoms. The molecule has 0 saturated carbocycles. The van der Waals surface area contributed by atoms with Gasteiger partial charge in [0.05, 0.1) is 7.11 Å². The molecule has 0 aromatic heterocycles. The third-order valence-corrected chi connectivity index (χ3v) is 10.7. The standard InChI is InChI=1S/C28H31OPS/c1-4-6-20-26(25-21-13-14-22-27(25)29-3)28(15-5-2)30(31,23-16-9-7-10-17-23)24-18-11-8-12-19-24/h5,7-14,16-19,21-22H,2,4,6,15,20H2,1,3H3/b28-26-. The van der Waals surface area contributed by atoms with Crippen molar-refractivity contribution in [3.05, 3.63) is 108 Å². The second-order valence-corrected chi connectivity index (χ2v) is 11.9. The van der Waals surface area contributed by atoms with E-state index in [0.29, 0.717) is 0 Å². The van der Waals surface area contributed by atoms with E-state index in [-0.39, 0.29) is 0 Å². The molecule has 3 aromatic rings. The molecule has 3 aromatic carbocycles. The van der Waals surface area contributed by atoms with E-state index in [0.717, 1.165) is 37.0 Å². The summed E-state index contributed by atoms with van der Waals surface area (Å²) in [5.41, 5.74) is 2.46. The molecule has 160 valence electrons. The van der Waals surface area contributed by atoms with Gasteiger partial charge in [0.2, 0.25) is 0 Å². The highest BCUT2D eigenvalue weighted by Gasteiger charge is 2.29. The molecule has 1 nitrogen and oxygen atoms in total. The van der Waals surface area contributed by atoms with Gasteiger partial charge in [0.1, 0.15) is 5.75 Å². The Morgan fingerprint density at radius 1 is 0.903 bits per heavy atom. The number of methoxy groups -OCH3 is 1. The van der Waals surface area contributed by atoms with Gasteiger partial charge in [0, 0.05) is 11.6 Å². The first-order valence-electron chi connectivity index (χ1n) is 10.8. The number of para-hydroxylation sites is 1. The van der Waals surface area contributed by atoms with Gasteiger partial charge in [-0.1, -0.05) is 110 Å². The molecule has 0 N–H and O–H groups in total. The summed E-state index contributed by atoms with van der Waals surface area (Å²) in [5.74, 6) is 0.901. The van der Waals surface area contributed by atoms with Crippen molar-refractivity contribution in [2.45, 2.75) is 32.6 Å². The van der Waals surface area contributed by atoms with Crippen LogP contribution in [0.5, 0.6) is 5.75 Å². The number of hydrogen-bond acceptors (Lipinski definition) is 2. The normalized spacial score (nSPS) is 12.2. The highest BCUT2D eigenvalue weighted by atomic mass is 32.4. The fourth-order valence-corrected chi connectivity index (χ4v) is 8.39. The van der Waals surface area contributed by atoms with Crippen LogP contribution in [0, 0.1) is 0 Å². The minimum Gasteiger partial charge on any atom is -0.496 e. The molecule has 0 heterocycles. The molecule has 0 atom stereocenters. The number of rotatable bonds is 10. The maximum absolute atomic E-state index is 6.69. The second kappa shape index (κ2) is 11.3. The molecule has 0 bridgehead atoms. The van der Waals surface area contributed by atoms with E-state index in [9.17, 15) is 0 Å². The lowest BCUT2D eigenvalue weighted by Crippen LogP contribution is -2.18. The van der Waals surface area contributed by atoms with Crippen LogP contribution in [-0.2, 0) is 11.8 Å². The van der Waals surface area contributed by atoms with Gasteiger partial charge >= 0.3 is 0 Å². The van der Waals surface area contributed by atoms with Crippen LogP contribution in [0.4, 0.5) is 0 Å².